The number of piperazine rings is 1. The second-order valence-corrected chi connectivity index (χ2v) is 6.12. The first kappa shape index (κ1) is 17.9. The number of nitrogens with zero attached hydrogens (tertiary/aromatic N) is 2. The van der Waals surface area contributed by atoms with Crippen molar-refractivity contribution in [1.82, 2.24) is 20.4 Å². The first-order valence-electron chi connectivity index (χ1n) is 8.68. The summed E-state index contributed by atoms with van der Waals surface area (Å²) in [6.07, 6.45) is 1.00. The Hall–Kier alpha value is -1.43. The van der Waals surface area contributed by atoms with Gasteiger partial charge in [0.25, 0.3) is 0 Å². The van der Waals surface area contributed by atoms with Gasteiger partial charge >= 0.3 is 0 Å². The van der Waals surface area contributed by atoms with Gasteiger partial charge in [-0.1, -0.05) is 37.3 Å². The van der Waals surface area contributed by atoms with Gasteiger partial charge in [0.2, 0.25) is 5.91 Å². The summed E-state index contributed by atoms with van der Waals surface area (Å²) >= 11 is 0. The van der Waals surface area contributed by atoms with Gasteiger partial charge in [0.1, 0.15) is 6.04 Å². The molecule has 0 radical (unpaired) electrons. The highest BCUT2D eigenvalue weighted by Gasteiger charge is 2.23. The lowest BCUT2D eigenvalue weighted by Gasteiger charge is -2.28. The lowest BCUT2D eigenvalue weighted by molar-refractivity contribution is -0.126. The number of likely N-dealkylation sites (N-methyl/N-ethyl adjacent to an activating group) is 1. The Kier molecular flexibility index (Phi) is 7.52. The lowest BCUT2D eigenvalue weighted by Crippen LogP contribution is -2.44. The number of benzene rings is 1. The third-order valence-corrected chi connectivity index (χ3v) is 4.46. The summed E-state index contributed by atoms with van der Waals surface area (Å²) in [5.74, 6) is 0.0980. The molecule has 1 heterocycles. The maximum Gasteiger partial charge on any atom is 0.241 e. The van der Waals surface area contributed by atoms with Crippen LogP contribution in [0.15, 0.2) is 30.3 Å². The van der Waals surface area contributed by atoms with E-state index in [1.165, 1.54) is 0 Å². The van der Waals surface area contributed by atoms with Crippen molar-refractivity contribution in [2.75, 3.05) is 52.9 Å². The minimum atomic E-state index is -0.208. The van der Waals surface area contributed by atoms with Crippen molar-refractivity contribution in [3.8, 4) is 0 Å². The quantitative estimate of drug-likeness (QED) is 0.705. The molecule has 1 aromatic rings. The molecular formula is C18H30N4O. The van der Waals surface area contributed by atoms with Crippen molar-refractivity contribution in [1.29, 1.82) is 0 Å². The van der Waals surface area contributed by atoms with Crippen LogP contribution in [0.5, 0.6) is 0 Å². The average molecular weight is 318 g/mol. The van der Waals surface area contributed by atoms with E-state index in [0.717, 1.165) is 57.8 Å². The molecule has 2 N–H and O–H groups in total. The molecule has 1 atom stereocenters. The molecule has 1 aliphatic rings. The SMILES string of the molecule is CCN(C)C(C(=O)NCCCN1CCNCC1)c1ccccc1. The van der Waals surface area contributed by atoms with Gasteiger partial charge in [0, 0.05) is 32.7 Å². The third-order valence-electron chi connectivity index (χ3n) is 4.46. The molecule has 23 heavy (non-hydrogen) atoms. The molecule has 1 fully saturated rings. The Bertz CT molecular complexity index is 459. The Morgan fingerprint density at radius 1 is 1.30 bits per heavy atom. The van der Waals surface area contributed by atoms with Crippen molar-refractivity contribution in [3.63, 3.8) is 0 Å². The number of carbonyl (C=O) groups is 1. The van der Waals surface area contributed by atoms with Crippen LogP contribution in [-0.2, 0) is 4.79 Å². The monoisotopic (exact) mass is 318 g/mol. The van der Waals surface area contributed by atoms with Crippen molar-refractivity contribution < 1.29 is 4.79 Å². The maximum atomic E-state index is 12.6. The number of nitrogens with one attached hydrogen (secondary N) is 2. The van der Waals surface area contributed by atoms with Gasteiger partial charge in [-0.3, -0.25) is 9.69 Å². The van der Waals surface area contributed by atoms with Crippen molar-refractivity contribution in [3.05, 3.63) is 35.9 Å². The number of amides is 1. The topological polar surface area (TPSA) is 47.6 Å². The zero-order valence-electron chi connectivity index (χ0n) is 14.4. The van der Waals surface area contributed by atoms with Crippen molar-refractivity contribution >= 4 is 5.91 Å². The summed E-state index contributed by atoms with van der Waals surface area (Å²) in [6, 6.07) is 9.81. The van der Waals surface area contributed by atoms with Crippen LogP contribution in [0.25, 0.3) is 0 Å². The van der Waals surface area contributed by atoms with Crippen LogP contribution in [0.2, 0.25) is 0 Å². The standard InChI is InChI=1S/C18H30N4O/c1-3-21(2)17(16-8-5-4-6-9-16)18(23)20-10-7-13-22-14-11-19-12-15-22/h4-6,8-9,17,19H,3,7,10-15H2,1-2H3,(H,20,23). The third kappa shape index (κ3) is 5.61. The molecule has 5 heteroatoms. The smallest absolute Gasteiger partial charge is 0.241 e. The Balaban J connectivity index is 1.81. The van der Waals surface area contributed by atoms with Crippen LogP contribution in [-0.4, -0.2) is 68.6 Å². The van der Waals surface area contributed by atoms with Crippen molar-refractivity contribution in [2.24, 2.45) is 0 Å². The lowest BCUT2D eigenvalue weighted by atomic mass is 10.0. The van der Waals surface area contributed by atoms with Crippen molar-refractivity contribution in [2.45, 2.75) is 19.4 Å². The fraction of sp³-hybridized carbons (Fsp3) is 0.611. The molecule has 0 bridgehead atoms. The second kappa shape index (κ2) is 9.65. The molecule has 1 amide bonds. The van der Waals surface area contributed by atoms with E-state index in [1.807, 2.05) is 37.4 Å². The minimum absolute atomic E-state index is 0.0980. The van der Waals surface area contributed by atoms with Gasteiger partial charge in [-0.05, 0) is 32.1 Å². The number of rotatable bonds is 8. The average Bonchev–Trinajstić information content (AvgIpc) is 2.60. The van der Waals surface area contributed by atoms with Gasteiger partial charge in [-0.25, -0.2) is 0 Å². The Morgan fingerprint density at radius 2 is 2.00 bits per heavy atom. The van der Waals surface area contributed by atoms with Gasteiger partial charge < -0.3 is 15.5 Å². The van der Waals surface area contributed by atoms with Crippen LogP contribution >= 0.6 is 0 Å². The highest BCUT2D eigenvalue weighted by Crippen LogP contribution is 2.19. The van der Waals surface area contributed by atoms with Gasteiger partial charge in [-0.15, -0.1) is 0 Å². The van der Waals surface area contributed by atoms with Gasteiger partial charge in [0.05, 0.1) is 0 Å². The van der Waals surface area contributed by atoms with Crippen LogP contribution in [0, 0.1) is 0 Å². The van der Waals surface area contributed by atoms with Crippen LogP contribution in [0.1, 0.15) is 24.9 Å². The Morgan fingerprint density at radius 3 is 2.65 bits per heavy atom. The van der Waals surface area contributed by atoms with Crippen LogP contribution in [0.4, 0.5) is 0 Å². The largest absolute Gasteiger partial charge is 0.354 e. The molecule has 0 aliphatic carbocycles. The molecular weight excluding hydrogens is 288 g/mol. The predicted octanol–water partition coefficient (Wildman–Crippen LogP) is 1.09. The van der Waals surface area contributed by atoms with Crippen LogP contribution < -0.4 is 10.6 Å². The van der Waals surface area contributed by atoms with E-state index in [2.05, 4.69) is 27.4 Å². The minimum Gasteiger partial charge on any atom is -0.354 e. The fourth-order valence-electron chi connectivity index (χ4n) is 2.97. The number of hydrogen-bond acceptors (Lipinski definition) is 4. The summed E-state index contributed by atoms with van der Waals surface area (Å²) < 4.78 is 0. The summed E-state index contributed by atoms with van der Waals surface area (Å²) in [4.78, 5) is 17.2. The van der Waals surface area contributed by atoms with Crippen LogP contribution in [0.3, 0.4) is 0 Å². The number of hydrogen-bond donors (Lipinski definition) is 2. The molecule has 0 aromatic heterocycles. The van der Waals surface area contributed by atoms with E-state index in [-0.39, 0.29) is 11.9 Å². The molecule has 5 nitrogen and oxygen atoms in total. The molecule has 1 saturated heterocycles. The summed E-state index contributed by atoms with van der Waals surface area (Å²) in [7, 11) is 2.00. The molecule has 0 saturated carbocycles. The van der Waals surface area contributed by atoms with E-state index < -0.39 is 0 Å². The number of carbonyl (C=O) groups excluding carboxylic acids is 1. The van der Waals surface area contributed by atoms with Gasteiger partial charge in [-0.2, -0.15) is 0 Å². The predicted molar refractivity (Wildman–Crippen MR) is 94.4 cm³/mol. The molecule has 128 valence electrons. The zero-order chi connectivity index (χ0) is 16.5. The highest BCUT2D eigenvalue weighted by atomic mass is 16.2. The van der Waals surface area contributed by atoms with E-state index in [0.29, 0.717) is 0 Å². The summed E-state index contributed by atoms with van der Waals surface area (Å²) in [5, 5.41) is 6.47. The van der Waals surface area contributed by atoms with Gasteiger partial charge in [0.15, 0.2) is 0 Å². The molecule has 1 aliphatic heterocycles. The molecule has 2 rings (SSSR count). The molecule has 1 aromatic carbocycles. The summed E-state index contributed by atoms with van der Waals surface area (Å²) in [6.45, 7) is 9.08. The molecule has 1 unspecified atom stereocenters. The highest BCUT2D eigenvalue weighted by molar-refractivity contribution is 5.83. The molecule has 0 spiro atoms. The first-order valence-corrected chi connectivity index (χ1v) is 8.68. The van der Waals surface area contributed by atoms with E-state index in [4.69, 9.17) is 0 Å². The normalized spacial score (nSPS) is 17.2. The van der Waals surface area contributed by atoms with E-state index in [1.54, 1.807) is 0 Å². The van der Waals surface area contributed by atoms with E-state index in [9.17, 15) is 4.79 Å². The summed E-state index contributed by atoms with van der Waals surface area (Å²) in [5.41, 5.74) is 1.05. The van der Waals surface area contributed by atoms with E-state index >= 15 is 0 Å². The first-order chi connectivity index (χ1) is 11.2. The maximum absolute atomic E-state index is 12.6. The zero-order valence-corrected chi connectivity index (χ0v) is 14.4. The second-order valence-electron chi connectivity index (χ2n) is 6.12. The Labute approximate surface area is 140 Å². The fourth-order valence-corrected chi connectivity index (χ4v) is 2.97.